The molecule has 0 bridgehead atoms. The average molecular weight is 344 g/mol. The zero-order valence-electron chi connectivity index (χ0n) is 12.9. The Bertz CT molecular complexity index is 427. The quantitative estimate of drug-likeness (QED) is 0.586. The van der Waals surface area contributed by atoms with Gasteiger partial charge in [0.15, 0.2) is 8.32 Å². The van der Waals surface area contributed by atoms with E-state index in [1.54, 1.807) is 0 Å². The van der Waals surface area contributed by atoms with E-state index in [0.29, 0.717) is 0 Å². The Hall–Kier alpha value is -0.323. The van der Waals surface area contributed by atoms with Crippen LogP contribution in [0.2, 0.25) is 18.1 Å². The first-order valence-corrected chi connectivity index (χ1v) is 10.5. The highest BCUT2D eigenvalue weighted by Gasteiger charge is 2.36. The molecule has 0 unspecified atom stereocenters. The van der Waals surface area contributed by atoms with E-state index < -0.39 is 8.32 Å². The zero-order chi connectivity index (χ0) is 14.7. The van der Waals surface area contributed by atoms with E-state index in [2.05, 4.69) is 80.2 Å². The van der Waals surface area contributed by atoms with Crippen molar-refractivity contribution >= 4 is 29.9 Å². The van der Waals surface area contributed by atoms with Crippen molar-refractivity contribution < 1.29 is 4.43 Å². The molecule has 19 heavy (non-hydrogen) atoms. The number of benzene rings is 1. The molecule has 4 heteroatoms. The fraction of sp³-hybridized carbons (Fsp3) is 0.600. The van der Waals surface area contributed by atoms with E-state index in [4.69, 9.17) is 4.43 Å². The summed E-state index contributed by atoms with van der Waals surface area (Å²) in [5.41, 5.74) is 2.40. The van der Waals surface area contributed by atoms with Crippen LogP contribution in [0.5, 0.6) is 0 Å². The first kappa shape index (κ1) is 16.7. The average Bonchev–Trinajstić information content (AvgIpc) is 2.27. The predicted molar refractivity (Wildman–Crippen MR) is 90.5 cm³/mol. The standard InChI is InChI=1S/C15H26BrNOSi/c1-12-11-13(7-8-14(12)16)17-9-10-18-19(5,6)15(2,3)4/h7-8,11,17H,9-10H2,1-6H3. The van der Waals surface area contributed by atoms with Crippen LogP contribution >= 0.6 is 15.9 Å². The topological polar surface area (TPSA) is 21.3 Å². The van der Waals surface area contributed by atoms with Gasteiger partial charge in [-0.2, -0.15) is 0 Å². The van der Waals surface area contributed by atoms with E-state index in [9.17, 15) is 0 Å². The van der Waals surface area contributed by atoms with Gasteiger partial charge < -0.3 is 9.74 Å². The van der Waals surface area contributed by atoms with Gasteiger partial charge in [0.25, 0.3) is 0 Å². The number of hydrogen-bond donors (Lipinski definition) is 1. The van der Waals surface area contributed by atoms with Crippen molar-refractivity contribution in [1.82, 2.24) is 0 Å². The number of hydrogen-bond acceptors (Lipinski definition) is 2. The summed E-state index contributed by atoms with van der Waals surface area (Å²) in [6, 6.07) is 6.31. The highest BCUT2D eigenvalue weighted by molar-refractivity contribution is 9.10. The SMILES string of the molecule is Cc1cc(NCCO[Si](C)(C)C(C)(C)C)ccc1Br. The summed E-state index contributed by atoms with van der Waals surface area (Å²) < 4.78 is 7.29. The number of aryl methyl sites for hydroxylation is 1. The van der Waals surface area contributed by atoms with Crippen LogP contribution in [0.4, 0.5) is 5.69 Å². The monoisotopic (exact) mass is 343 g/mol. The molecule has 2 nitrogen and oxygen atoms in total. The van der Waals surface area contributed by atoms with Gasteiger partial charge in [-0.3, -0.25) is 0 Å². The molecule has 0 amide bonds. The molecular weight excluding hydrogens is 318 g/mol. The second kappa shape index (κ2) is 6.42. The van der Waals surface area contributed by atoms with Crippen LogP contribution in [0.15, 0.2) is 22.7 Å². The third-order valence-corrected chi connectivity index (χ3v) is 9.29. The molecule has 0 saturated heterocycles. The Balaban J connectivity index is 2.41. The summed E-state index contributed by atoms with van der Waals surface area (Å²) in [7, 11) is -1.61. The molecular formula is C15H26BrNOSi. The molecule has 1 N–H and O–H groups in total. The fourth-order valence-electron chi connectivity index (χ4n) is 1.47. The van der Waals surface area contributed by atoms with Crippen LogP contribution < -0.4 is 5.32 Å². The van der Waals surface area contributed by atoms with Gasteiger partial charge in [0.2, 0.25) is 0 Å². The molecule has 0 atom stereocenters. The summed E-state index contributed by atoms with van der Waals surface area (Å²) >= 11 is 3.51. The zero-order valence-corrected chi connectivity index (χ0v) is 15.5. The first-order chi connectivity index (χ1) is 8.63. The first-order valence-electron chi connectivity index (χ1n) is 6.77. The van der Waals surface area contributed by atoms with E-state index in [1.165, 1.54) is 5.56 Å². The summed E-state index contributed by atoms with van der Waals surface area (Å²) in [5.74, 6) is 0. The van der Waals surface area contributed by atoms with Gasteiger partial charge in [0.05, 0.1) is 6.61 Å². The number of anilines is 1. The Labute approximate surface area is 127 Å². The van der Waals surface area contributed by atoms with Crippen LogP contribution in [0, 0.1) is 6.92 Å². The maximum absolute atomic E-state index is 6.14. The van der Waals surface area contributed by atoms with E-state index in [0.717, 1.165) is 23.3 Å². The molecule has 1 aromatic rings. The highest BCUT2D eigenvalue weighted by atomic mass is 79.9. The summed E-state index contributed by atoms with van der Waals surface area (Å²) in [5, 5.41) is 3.69. The molecule has 108 valence electrons. The molecule has 0 aliphatic heterocycles. The van der Waals surface area contributed by atoms with Crippen molar-refractivity contribution in [3.05, 3.63) is 28.2 Å². The second-order valence-electron chi connectivity index (χ2n) is 6.50. The number of halogens is 1. The Morgan fingerprint density at radius 1 is 1.26 bits per heavy atom. The lowest BCUT2D eigenvalue weighted by atomic mass is 10.2. The lowest BCUT2D eigenvalue weighted by Crippen LogP contribution is -2.41. The molecule has 1 rings (SSSR count). The minimum absolute atomic E-state index is 0.279. The van der Waals surface area contributed by atoms with Gasteiger partial charge in [-0.25, -0.2) is 0 Å². The molecule has 0 fully saturated rings. The fourth-order valence-corrected chi connectivity index (χ4v) is 2.76. The molecule has 1 aromatic carbocycles. The predicted octanol–water partition coefficient (Wildman–Crippen LogP) is 5.19. The highest BCUT2D eigenvalue weighted by Crippen LogP contribution is 2.36. The van der Waals surface area contributed by atoms with Crippen LogP contribution in [-0.2, 0) is 4.43 Å². The van der Waals surface area contributed by atoms with Gasteiger partial charge >= 0.3 is 0 Å². The molecule has 0 spiro atoms. The normalized spacial score (nSPS) is 12.6. The molecule has 0 saturated carbocycles. The minimum Gasteiger partial charge on any atom is -0.415 e. The molecule has 0 aliphatic carbocycles. The maximum Gasteiger partial charge on any atom is 0.192 e. The van der Waals surface area contributed by atoms with Gasteiger partial charge in [-0.1, -0.05) is 36.7 Å². The third kappa shape index (κ3) is 4.93. The van der Waals surface area contributed by atoms with Crippen molar-refractivity contribution in [3.63, 3.8) is 0 Å². The van der Waals surface area contributed by atoms with Gasteiger partial charge in [-0.15, -0.1) is 0 Å². The Kier molecular flexibility index (Phi) is 5.65. The summed E-state index contributed by atoms with van der Waals surface area (Å²) in [6.45, 7) is 15.1. The van der Waals surface area contributed by atoms with Gasteiger partial charge in [0, 0.05) is 16.7 Å². The van der Waals surface area contributed by atoms with E-state index in [-0.39, 0.29) is 5.04 Å². The molecule has 0 aliphatic rings. The number of nitrogens with one attached hydrogen (secondary N) is 1. The third-order valence-electron chi connectivity index (χ3n) is 3.86. The Morgan fingerprint density at radius 2 is 1.89 bits per heavy atom. The van der Waals surface area contributed by atoms with Crippen molar-refractivity contribution in [2.24, 2.45) is 0 Å². The van der Waals surface area contributed by atoms with E-state index >= 15 is 0 Å². The molecule has 0 radical (unpaired) electrons. The Morgan fingerprint density at radius 3 is 2.42 bits per heavy atom. The molecule has 0 aromatic heterocycles. The summed E-state index contributed by atoms with van der Waals surface area (Å²) in [6.07, 6.45) is 0. The van der Waals surface area contributed by atoms with Crippen LogP contribution in [0.3, 0.4) is 0 Å². The minimum atomic E-state index is -1.61. The van der Waals surface area contributed by atoms with Crippen LogP contribution in [0.1, 0.15) is 26.3 Å². The van der Waals surface area contributed by atoms with Gasteiger partial charge in [0.1, 0.15) is 0 Å². The van der Waals surface area contributed by atoms with E-state index in [1.807, 2.05) is 0 Å². The molecule has 0 heterocycles. The maximum atomic E-state index is 6.14. The van der Waals surface area contributed by atoms with Gasteiger partial charge in [-0.05, 0) is 48.8 Å². The van der Waals surface area contributed by atoms with Crippen molar-refractivity contribution in [2.45, 2.75) is 45.8 Å². The van der Waals surface area contributed by atoms with Crippen molar-refractivity contribution in [1.29, 1.82) is 0 Å². The summed E-state index contributed by atoms with van der Waals surface area (Å²) in [4.78, 5) is 0. The van der Waals surface area contributed by atoms with Crippen molar-refractivity contribution in [2.75, 3.05) is 18.5 Å². The smallest absolute Gasteiger partial charge is 0.192 e. The van der Waals surface area contributed by atoms with Crippen LogP contribution in [-0.4, -0.2) is 21.5 Å². The lowest BCUT2D eigenvalue weighted by molar-refractivity contribution is 0.301. The largest absolute Gasteiger partial charge is 0.415 e. The lowest BCUT2D eigenvalue weighted by Gasteiger charge is -2.36. The number of rotatable bonds is 5. The second-order valence-corrected chi connectivity index (χ2v) is 12.2. The van der Waals surface area contributed by atoms with Crippen molar-refractivity contribution in [3.8, 4) is 0 Å². The van der Waals surface area contributed by atoms with Crippen LogP contribution in [0.25, 0.3) is 0 Å².